The second-order valence-electron chi connectivity index (χ2n) is 5.99. The van der Waals surface area contributed by atoms with Crippen molar-refractivity contribution in [1.29, 1.82) is 5.26 Å². The monoisotopic (exact) mass is 356 g/mol. The summed E-state index contributed by atoms with van der Waals surface area (Å²) in [4.78, 5) is 0. The van der Waals surface area contributed by atoms with Gasteiger partial charge in [0.15, 0.2) is 0 Å². The van der Waals surface area contributed by atoms with Crippen LogP contribution in [0.5, 0.6) is 0 Å². The van der Waals surface area contributed by atoms with E-state index in [0.717, 1.165) is 16.4 Å². The molecular weight excluding hydrogens is 345 g/mol. The number of ether oxygens (including phenoxy) is 1. The van der Waals surface area contributed by atoms with Crippen LogP contribution in [0.4, 0.5) is 18.9 Å². The summed E-state index contributed by atoms with van der Waals surface area (Å²) in [5, 5.41) is 8.08. The molecule has 3 aliphatic heterocycles. The molecule has 4 rings (SSSR count). The summed E-state index contributed by atoms with van der Waals surface area (Å²) in [5.74, 6) is -0.296. The molecule has 3 heterocycles. The fraction of sp³-hybridized carbons (Fsp3) is 0.400. The highest BCUT2D eigenvalue weighted by Crippen LogP contribution is 2.46. The summed E-state index contributed by atoms with van der Waals surface area (Å²) in [6, 6.07) is 4.46. The van der Waals surface area contributed by atoms with Crippen molar-refractivity contribution in [3.05, 3.63) is 41.5 Å². The van der Waals surface area contributed by atoms with Crippen LogP contribution < -0.4 is 4.31 Å². The number of benzene rings is 1. The van der Waals surface area contributed by atoms with Crippen molar-refractivity contribution < 1.29 is 26.3 Å². The van der Waals surface area contributed by atoms with E-state index in [1.54, 1.807) is 12.2 Å². The van der Waals surface area contributed by atoms with E-state index in [1.165, 1.54) is 12.1 Å². The van der Waals surface area contributed by atoms with Gasteiger partial charge >= 0.3 is 6.18 Å². The summed E-state index contributed by atoms with van der Waals surface area (Å²) < 4.78 is 71.4. The normalized spacial score (nSPS) is 32.8. The van der Waals surface area contributed by atoms with Gasteiger partial charge in [-0.15, -0.1) is 0 Å². The number of halogens is 3. The van der Waals surface area contributed by atoms with Gasteiger partial charge in [0.05, 0.1) is 35.1 Å². The summed E-state index contributed by atoms with van der Waals surface area (Å²) in [7, 11) is -3.82. The Morgan fingerprint density at radius 2 is 1.96 bits per heavy atom. The Balaban J connectivity index is 1.77. The maximum absolute atomic E-state index is 13.1. The van der Waals surface area contributed by atoms with Crippen LogP contribution in [-0.2, 0) is 20.9 Å². The Morgan fingerprint density at radius 3 is 2.58 bits per heavy atom. The van der Waals surface area contributed by atoms with Crippen molar-refractivity contribution in [2.24, 2.45) is 5.92 Å². The fourth-order valence-corrected chi connectivity index (χ4v) is 5.92. The zero-order valence-electron chi connectivity index (χ0n) is 12.1. The van der Waals surface area contributed by atoms with Crippen LogP contribution in [0.1, 0.15) is 11.1 Å². The Kier molecular flexibility index (Phi) is 3.06. The maximum Gasteiger partial charge on any atom is 0.417 e. The molecule has 0 spiro atoms. The standard InChI is InChI=1S/C15H11F3N2O3S/c16-15(17,18)11-5-9(2-1-8(11)6-19)20-7-10-12-3-4-13(23-12)14(10)24(20,21)22/h1-5,10,12-14H,7H2/t10-,12+,13-,14-/m1/s1. The Labute approximate surface area is 136 Å². The molecule has 0 unspecified atom stereocenters. The van der Waals surface area contributed by atoms with Crippen molar-refractivity contribution in [2.75, 3.05) is 10.8 Å². The number of anilines is 1. The highest BCUT2D eigenvalue weighted by atomic mass is 32.2. The zero-order chi connectivity index (χ0) is 17.3. The van der Waals surface area contributed by atoms with Gasteiger partial charge in [-0.1, -0.05) is 12.2 Å². The lowest BCUT2D eigenvalue weighted by atomic mass is 9.94. The molecule has 1 aromatic carbocycles. The molecular formula is C15H11F3N2O3S. The molecule has 4 atom stereocenters. The van der Waals surface area contributed by atoms with Gasteiger partial charge in [-0.3, -0.25) is 4.31 Å². The molecule has 0 saturated carbocycles. The van der Waals surface area contributed by atoms with Gasteiger partial charge in [-0.25, -0.2) is 8.42 Å². The van der Waals surface area contributed by atoms with Gasteiger partial charge in [0.25, 0.3) is 0 Å². The number of alkyl halides is 3. The lowest BCUT2D eigenvalue weighted by molar-refractivity contribution is -0.137. The van der Waals surface area contributed by atoms with Gasteiger partial charge in [-0.05, 0) is 18.2 Å². The lowest BCUT2D eigenvalue weighted by Crippen LogP contribution is -2.35. The van der Waals surface area contributed by atoms with E-state index < -0.39 is 38.7 Å². The summed E-state index contributed by atoms with van der Waals surface area (Å²) in [6.45, 7) is 0.0711. The van der Waals surface area contributed by atoms with E-state index in [1.807, 2.05) is 0 Å². The summed E-state index contributed by atoms with van der Waals surface area (Å²) in [5.41, 5.74) is -1.74. The second kappa shape index (κ2) is 4.74. The van der Waals surface area contributed by atoms with E-state index in [2.05, 4.69) is 0 Å². The van der Waals surface area contributed by atoms with E-state index in [9.17, 15) is 21.6 Å². The first kappa shape index (κ1) is 15.5. The van der Waals surface area contributed by atoms with Crippen LogP contribution in [0.25, 0.3) is 0 Å². The van der Waals surface area contributed by atoms with Crippen LogP contribution in [0.15, 0.2) is 30.4 Å². The number of nitriles is 1. The molecule has 2 saturated heterocycles. The van der Waals surface area contributed by atoms with Crippen molar-refractivity contribution in [3.63, 3.8) is 0 Å². The Hall–Kier alpha value is -2.05. The van der Waals surface area contributed by atoms with Crippen molar-refractivity contribution in [2.45, 2.75) is 23.6 Å². The number of hydrogen-bond donors (Lipinski definition) is 0. The fourth-order valence-electron chi connectivity index (χ4n) is 3.66. The average molecular weight is 356 g/mol. The predicted octanol–water partition coefficient (Wildman–Crippen LogP) is 2.05. The predicted molar refractivity (Wildman–Crippen MR) is 77.5 cm³/mol. The van der Waals surface area contributed by atoms with Crippen molar-refractivity contribution in [3.8, 4) is 6.07 Å². The first-order valence-corrected chi connectivity index (χ1v) is 8.70. The maximum atomic E-state index is 13.1. The number of fused-ring (bicyclic) bond motifs is 5. The molecule has 9 heteroatoms. The molecule has 0 N–H and O–H groups in total. The second-order valence-corrected chi connectivity index (χ2v) is 8.01. The van der Waals surface area contributed by atoms with Crippen LogP contribution in [0.2, 0.25) is 0 Å². The van der Waals surface area contributed by atoms with Gasteiger partial charge < -0.3 is 4.74 Å². The molecule has 0 radical (unpaired) electrons. The number of hydrogen-bond acceptors (Lipinski definition) is 4. The molecule has 24 heavy (non-hydrogen) atoms. The molecule has 5 nitrogen and oxygen atoms in total. The summed E-state index contributed by atoms with van der Waals surface area (Å²) in [6.07, 6.45) is -2.11. The van der Waals surface area contributed by atoms with Gasteiger partial charge in [-0.2, -0.15) is 18.4 Å². The number of sulfonamides is 1. The first-order valence-electron chi connectivity index (χ1n) is 7.20. The topological polar surface area (TPSA) is 70.4 Å². The molecule has 0 aromatic heterocycles. The van der Waals surface area contributed by atoms with Crippen molar-refractivity contribution in [1.82, 2.24) is 0 Å². The van der Waals surface area contributed by atoms with Crippen molar-refractivity contribution >= 4 is 15.7 Å². The van der Waals surface area contributed by atoms with Crippen LogP contribution in [-0.4, -0.2) is 32.4 Å². The van der Waals surface area contributed by atoms with Gasteiger partial charge in [0.1, 0.15) is 5.25 Å². The van der Waals surface area contributed by atoms with E-state index >= 15 is 0 Å². The molecule has 2 fully saturated rings. The third kappa shape index (κ3) is 1.99. The quantitative estimate of drug-likeness (QED) is 0.722. The molecule has 0 aliphatic carbocycles. The highest BCUT2D eigenvalue weighted by Gasteiger charge is 2.59. The molecule has 126 valence electrons. The average Bonchev–Trinajstić information content (AvgIpc) is 3.18. The van der Waals surface area contributed by atoms with E-state index in [0.29, 0.717) is 0 Å². The number of nitrogens with zero attached hydrogens (tertiary/aromatic N) is 2. The third-order valence-electron chi connectivity index (χ3n) is 4.72. The van der Waals surface area contributed by atoms with Crippen LogP contribution in [0.3, 0.4) is 0 Å². The lowest BCUT2D eigenvalue weighted by Gasteiger charge is -2.22. The summed E-state index contributed by atoms with van der Waals surface area (Å²) >= 11 is 0. The van der Waals surface area contributed by atoms with E-state index in [4.69, 9.17) is 10.00 Å². The molecule has 0 amide bonds. The molecule has 3 aliphatic rings. The van der Waals surface area contributed by atoms with E-state index in [-0.39, 0.29) is 24.3 Å². The third-order valence-corrected chi connectivity index (χ3v) is 7.00. The molecule has 1 aromatic rings. The smallest absolute Gasteiger partial charge is 0.365 e. The van der Waals surface area contributed by atoms with Crippen LogP contribution >= 0.6 is 0 Å². The van der Waals surface area contributed by atoms with Gasteiger partial charge in [0, 0.05) is 12.5 Å². The highest BCUT2D eigenvalue weighted by molar-refractivity contribution is 7.93. The SMILES string of the molecule is N#Cc1ccc(N2C[C@H]3[C@H]([C@H]4C=C[C@@H]3O4)S2(=O)=O)cc1C(F)(F)F. The first-order chi connectivity index (χ1) is 11.2. The minimum absolute atomic E-state index is 0.0711. The van der Waals surface area contributed by atoms with Gasteiger partial charge in [0.2, 0.25) is 10.0 Å². The largest absolute Gasteiger partial charge is 0.417 e. The number of rotatable bonds is 1. The molecule has 2 bridgehead atoms. The van der Waals surface area contributed by atoms with Crippen LogP contribution in [0, 0.1) is 17.2 Å². The Bertz CT molecular complexity index is 888. The Morgan fingerprint density at radius 1 is 1.25 bits per heavy atom. The minimum Gasteiger partial charge on any atom is -0.365 e. The zero-order valence-corrected chi connectivity index (χ0v) is 12.9. The minimum atomic E-state index is -4.73.